The third kappa shape index (κ3) is 6.16. The minimum atomic E-state index is -3.73. The van der Waals surface area contributed by atoms with Crippen molar-refractivity contribution in [3.8, 4) is 0 Å². The van der Waals surface area contributed by atoms with Gasteiger partial charge in [0.2, 0.25) is 16.2 Å². The van der Waals surface area contributed by atoms with Gasteiger partial charge in [0.05, 0.1) is 17.2 Å². The zero-order valence-corrected chi connectivity index (χ0v) is 21.7. The van der Waals surface area contributed by atoms with Crippen LogP contribution in [0.3, 0.4) is 0 Å². The van der Waals surface area contributed by atoms with E-state index in [1.54, 1.807) is 13.1 Å². The van der Waals surface area contributed by atoms with Crippen LogP contribution in [0.5, 0.6) is 0 Å². The van der Waals surface area contributed by atoms with Gasteiger partial charge in [-0.1, -0.05) is 43.5 Å². The number of fused-ring (bicyclic) bond motifs is 1. The van der Waals surface area contributed by atoms with Crippen LogP contribution >= 0.6 is 0 Å². The summed E-state index contributed by atoms with van der Waals surface area (Å²) in [5.74, 6) is -1.20. The summed E-state index contributed by atoms with van der Waals surface area (Å²) in [4.78, 5) is 44.8. The topological polar surface area (TPSA) is 137 Å². The van der Waals surface area contributed by atoms with Crippen LogP contribution in [0.15, 0.2) is 53.5 Å². The Labute approximate surface area is 216 Å². The second-order valence-electron chi connectivity index (χ2n) is 9.18. The van der Waals surface area contributed by atoms with Crippen LogP contribution in [0, 0.1) is 5.92 Å². The second-order valence-corrected chi connectivity index (χ2v) is 11.2. The van der Waals surface area contributed by atoms with Gasteiger partial charge in [0.1, 0.15) is 0 Å². The Morgan fingerprint density at radius 1 is 1.05 bits per heavy atom. The van der Waals surface area contributed by atoms with Gasteiger partial charge in [-0.25, -0.2) is 17.9 Å². The molecule has 0 bridgehead atoms. The zero-order valence-electron chi connectivity index (χ0n) is 20.9. The maximum atomic E-state index is 13.3. The fraction of sp³-hybridized carbons (Fsp3) is 0.385. The highest BCUT2D eigenvalue weighted by Gasteiger charge is 2.33. The largest absolute Gasteiger partial charge is 0.321 e. The average Bonchev–Trinajstić information content (AvgIpc) is 3.00. The highest BCUT2D eigenvalue weighted by Crippen LogP contribution is 2.33. The van der Waals surface area contributed by atoms with Gasteiger partial charge in [-0.3, -0.25) is 14.6 Å². The molecule has 2 aliphatic rings. The fourth-order valence-electron chi connectivity index (χ4n) is 4.65. The Bertz CT molecular complexity index is 1330. The summed E-state index contributed by atoms with van der Waals surface area (Å²) in [6, 6.07) is 12.8. The van der Waals surface area contributed by atoms with Gasteiger partial charge >= 0.3 is 6.03 Å². The van der Waals surface area contributed by atoms with Gasteiger partial charge in [0, 0.05) is 29.8 Å². The van der Waals surface area contributed by atoms with E-state index in [4.69, 9.17) is 4.99 Å². The first kappa shape index (κ1) is 26.3. The second kappa shape index (κ2) is 11.1. The van der Waals surface area contributed by atoms with Gasteiger partial charge in [-0.2, -0.15) is 0 Å². The Kier molecular flexibility index (Phi) is 7.91. The predicted molar refractivity (Wildman–Crippen MR) is 142 cm³/mol. The molecule has 196 valence electrons. The maximum absolute atomic E-state index is 13.3. The molecule has 1 atom stereocenters. The van der Waals surface area contributed by atoms with Crippen molar-refractivity contribution in [3.63, 3.8) is 0 Å². The number of urea groups is 1. The molecule has 11 heteroatoms. The number of benzene rings is 2. The van der Waals surface area contributed by atoms with E-state index in [0.29, 0.717) is 0 Å². The molecule has 3 N–H and O–H groups in total. The molecule has 0 radical (unpaired) electrons. The van der Waals surface area contributed by atoms with E-state index < -0.39 is 28.1 Å². The summed E-state index contributed by atoms with van der Waals surface area (Å²) in [5, 5.41) is 5.28. The van der Waals surface area contributed by atoms with E-state index in [0.717, 1.165) is 42.6 Å². The van der Waals surface area contributed by atoms with E-state index in [1.165, 1.54) is 36.4 Å². The highest BCUT2D eigenvalue weighted by atomic mass is 32.2. The molecule has 37 heavy (non-hydrogen) atoms. The number of likely N-dealkylation sites (N-methyl/N-ethyl adjacent to an activating group) is 1. The molecule has 1 fully saturated rings. The number of para-hydroxylation sites is 1. The molecular weight excluding hydrogens is 494 g/mol. The predicted octanol–water partition coefficient (Wildman–Crippen LogP) is 3.26. The Balaban J connectivity index is 1.54. The van der Waals surface area contributed by atoms with E-state index >= 15 is 0 Å². The number of aliphatic imine (C=N–C) groups is 1. The molecule has 0 spiro atoms. The number of amides is 4. The van der Waals surface area contributed by atoms with E-state index in [-0.39, 0.29) is 28.8 Å². The van der Waals surface area contributed by atoms with Crippen LogP contribution in [0.25, 0.3) is 0 Å². The third-order valence-corrected chi connectivity index (χ3v) is 7.90. The summed E-state index contributed by atoms with van der Waals surface area (Å²) < 4.78 is 25.4. The number of hydrogen-bond donors (Lipinski definition) is 3. The van der Waals surface area contributed by atoms with Crippen LogP contribution in [0.1, 0.15) is 54.9 Å². The first-order valence-electron chi connectivity index (χ1n) is 12.4. The van der Waals surface area contributed by atoms with Crippen LogP contribution < -0.4 is 20.3 Å². The number of carbonyl (C=O) groups excluding carboxylic acids is 3. The van der Waals surface area contributed by atoms with Crippen molar-refractivity contribution in [1.29, 1.82) is 0 Å². The third-order valence-electron chi connectivity index (χ3n) is 6.64. The van der Waals surface area contributed by atoms with E-state index in [9.17, 15) is 22.8 Å². The average molecular weight is 526 g/mol. The van der Waals surface area contributed by atoms with Crippen molar-refractivity contribution < 1.29 is 22.8 Å². The lowest BCUT2D eigenvalue weighted by Crippen LogP contribution is -2.47. The Hall–Kier alpha value is -3.73. The smallest absolute Gasteiger partial charge is 0.311 e. The van der Waals surface area contributed by atoms with E-state index in [1.807, 2.05) is 29.0 Å². The normalized spacial score (nSPS) is 18.3. The number of rotatable bonds is 6. The Morgan fingerprint density at radius 3 is 2.51 bits per heavy atom. The first-order chi connectivity index (χ1) is 17.7. The quantitative estimate of drug-likeness (QED) is 0.532. The van der Waals surface area contributed by atoms with Crippen molar-refractivity contribution >= 4 is 45.0 Å². The zero-order chi connectivity index (χ0) is 26.6. The molecule has 10 nitrogen and oxygen atoms in total. The molecule has 2 aromatic carbocycles. The summed E-state index contributed by atoms with van der Waals surface area (Å²) in [6.07, 6.45) is 4.19. The van der Waals surface area contributed by atoms with Gasteiger partial charge in [-0.15, -0.1) is 0 Å². The molecule has 0 unspecified atom stereocenters. The summed E-state index contributed by atoms with van der Waals surface area (Å²) in [7, 11) is -2.06. The summed E-state index contributed by atoms with van der Waals surface area (Å²) in [6.45, 7) is 1.42. The lowest BCUT2D eigenvalue weighted by Gasteiger charge is -2.25. The molecule has 1 heterocycles. The minimum Gasteiger partial charge on any atom is -0.311 e. The number of hydrogen-bond acceptors (Lipinski definition) is 6. The number of nitrogens with zero attached hydrogens (tertiary/aromatic N) is 2. The van der Waals surface area contributed by atoms with Gasteiger partial charge in [0.25, 0.3) is 11.8 Å². The number of carbonyl (C=O) groups is 3. The molecule has 1 aliphatic heterocycles. The first-order valence-corrected chi connectivity index (χ1v) is 14.0. The fourth-order valence-corrected chi connectivity index (χ4v) is 5.19. The molecule has 1 aliphatic carbocycles. The van der Waals surface area contributed by atoms with Crippen molar-refractivity contribution in [2.45, 2.75) is 45.2 Å². The van der Waals surface area contributed by atoms with Crippen LogP contribution in [-0.2, 0) is 14.8 Å². The molecule has 4 amide bonds. The molecule has 4 rings (SSSR count). The minimum absolute atomic E-state index is 0.0631. The SMILES string of the molecule is CCS(=O)(=O)NC(=O)c1cccc(NC(=O)N[C@@H]2N=C(C3CCCCC3)c3ccccc3N(C)C2=O)c1. The van der Waals surface area contributed by atoms with Crippen molar-refractivity contribution in [3.05, 3.63) is 59.7 Å². The standard InChI is InChI=1S/C26H31N5O5S/c1-3-37(35,36)30-24(32)18-12-9-13-19(16-18)27-26(34)29-23-25(33)31(2)21-15-8-7-14-20(21)22(28-23)17-10-5-4-6-11-17/h7-9,12-17,23H,3-6,10-11H2,1-2H3,(H,30,32)(H2,27,29,34)/t23-/m0/s1. The van der Waals surface area contributed by atoms with Gasteiger partial charge in [-0.05, 0) is 44.0 Å². The molecule has 1 saturated carbocycles. The van der Waals surface area contributed by atoms with Crippen molar-refractivity contribution in [1.82, 2.24) is 10.0 Å². The van der Waals surface area contributed by atoms with Gasteiger partial charge < -0.3 is 15.5 Å². The monoisotopic (exact) mass is 525 g/mol. The number of anilines is 2. The maximum Gasteiger partial charge on any atom is 0.321 e. The lowest BCUT2D eigenvalue weighted by molar-refractivity contribution is -0.119. The van der Waals surface area contributed by atoms with Crippen molar-refractivity contribution in [2.75, 3.05) is 23.0 Å². The molecule has 0 saturated heterocycles. The summed E-state index contributed by atoms with van der Waals surface area (Å²) in [5.41, 5.74) is 2.80. The molecule has 0 aromatic heterocycles. The van der Waals surface area contributed by atoms with E-state index in [2.05, 4.69) is 10.6 Å². The molecular formula is C26H31N5O5S. The molecule has 2 aromatic rings. The van der Waals surface area contributed by atoms with Crippen LogP contribution in [0.2, 0.25) is 0 Å². The van der Waals surface area contributed by atoms with Crippen molar-refractivity contribution in [2.24, 2.45) is 10.9 Å². The number of nitrogens with one attached hydrogen (secondary N) is 3. The Morgan fingerprint density at radius 2 is 1.78 bits per heavy atom. The highest BCUT2D eigenvalue weighted by molar-refractivity contribution is 7.90. The van der Waals surface area contributed by atoms with Crippen LogP contribution in [-0.4, -0.2) is 50.9 Å². The summed E-state index contributed by atoms with van der Waals surface area (Å²) >= 11 is 0. The van der Waals surface area contributed by atoms with Gasteiger partial charge in [0.15, 0.2) is 0 Å². The van der Waals surface area contributed by atoms with Crippen LogP contribution in [0.4, 0.5) is 16.2 Å². The lowest BCUT2D eigenvalue weighted by atomic mass is 9.83. The number of benzodiazepines with no additional fused rings is 1. The number of sulfonamides is 1.